The fourth-order valence-electron chi connectivity index (χ4n) is 6.92. The zero-order valence-electron chi connectivity index (χ0n) is 30.9. The molecule has 1 aromatic carbocycles. The zero-order chi connectivity index (χ0) is 33.2. The first kappa shape index (κ1) is 42.7. The molecule has 3 nitrogen and oxygen atoms in total. The van der Waals surface area contributed by atoms with E-state index in [2.05, 4.69) is 26.0 Å². The van der Waals surface area contributed by atoms with Gasteiger partial charge in [0.1, 0.15) is 0 Å². The molecule has 1 aromatic rings. The van der Waals surface area contributed by atoms with Crippen molar-refractivity contribution < 1.29 is 14.6 Å². The second-order valence-corrected chi connectivity index (χ2v) is 14.4. The number of ether oxygens (including phenoxy) is 1. The molecule has 1 rings (SSSR count). The van der Waals surface area contributed by atoms with Gasteiger partial charge in [-0.15, -0.1) is 0 Å². The summed E-state index contributed by atoms with van der Waals surface area (Å²) in [5.41, 5.74) is 1.13. The van der Waals surface area contributed by atoms with Crippen molar-refractivity contribution in [3.8, 4) is 0 Å². The molecule has 0 fully saturated rings. The van der Waals surface area contributed by atoms with Crippen molar-refractivity contribution in [2.24, 2.45) is 5.92 Å². The molecular weight excluding hydrogens is 564 g/mol. The van der Waals surface area contributed by atoms with Crippen LogP contribution in [0, 0.1) is 5.92 Å². The molecule has 0 radical (unpaired) electrons. The van der Waals surface area contributed by atoms with Crippen LogP contribution in [0.3, 0.4) is 0 Å². The highest BCUT2D eigenvalue weighted by Gasteiger charge is 2.28. The zero-order valence-corrected chi connectivity index (χ0v) is 30.9. The van der Waals surface area contributed by atoms with Gasteiger partial charge in [-0.1, -0.05) is 230 Å². The minimum Gasteiger partial charge on any atom is -0.481 e. The molecule has 2 unspecified atom stereocenters. The average Bonchev–Trinajstić information content (AvgIpc) is 3.06. The fraction of sp³-hybridized carbons (Fsp3) is 0.837. The minimum atomic E-state index is -0.673. The average molecular weight is 643 g/mol. The maximum atomic E-state index is 12.4. The van der Waals surface area contributed by atoms with Gasteiger partial charge in [0.2, 0.25) is 0 Å². The Morgan fingerprint density at radius 1 is 0.500 bits per heavy atom. The molecule has 0 spiro atoms. The van der Waals surface area contributed by atoms with Crippen LogP contribution in [0.5, 0.6) is 0 Å². The van der Waals surface area contributed by atoms with Crippen LogP contribution < -0.4 is 0 Å². The summed E-state index contributed by atoms with van der Waals surface area (Å²) in [6.45, 7) is 5.07. The van der Waals surface area contributed by atoms with Crippen molar-refractivity contribution >= 4 is 5.97 Å². The van der Waals surface area contributed by atoms with Crippen LogP contribution in [0.25, 0.3) is 0 Å². The molecule has 0 aliphatic carbocycles. The smallest absolute Gasteiger partial charge is 0.309 e. The van der Waals surface area contributed by atoms with E-state index in [-0.39, 0.29) is 6.10 Å². The van der Waals surface area contributed by atoms with E-state index in [0.717, 1.165) is 37.7 Å². The van der Waals surface area contributed by atoms with Gasteiger partial charge in [0.05, 0.1) is 18.6 Å². The molecule has 0 saturated carbocycles. The quantitative estimate of drug-likeness (QED) is 0.0741. The van der Waals surface area contributed by atoms with E-state index in [1.54, 1.807) is 0 Å². The molecule has 3 heteroatoms. The predicted molar refractivity (Wildman–Crippen MR) is 201 cm³/mol. The van der Waals surface area contributed by atoms with Crippen molar-refractivity contribution in [3.63, 3.8) is 0 Å². The Bertz CT molecular complexity index is 748. The van der Waals surface area contributed by atoms with Crippen molar-refractivity contribution in [1.82, 2.24) is 0 Å². The topological polar surface area (TPSA) is 46.5 Å². The monoisotopic (exact) mass is 643 g/mol. The van der Waals surface area contributed by atoms with Gasteiger partial charge >= 0.3 is 5.97 Å². The van der Waals surface area contributed by atoms with Crippen molar-refractivity contribution in [2.45, 2.75) is 226 Å². The summed E-state index contributed by atoms with van der Waals surface area (Å²) in [5.74, 6) is -1.07. The molecule has 268 valence electrons. The van der Waals surface area contributed by atoms with Gasteiger partial charge in [0.15, 0.2) is 0 Å². The fourth-order valence-corrected chi connectivity index (χ4v) is 6.92. The number of unbranched alkanes of at least 4 members (excludes halogenated alkanes) is 27. The first-order chi connectivity index (χ1) is 22.7. The standard InChI is InChI=1S/C43H78O3/c1-3-5-7-9-11-13-15-17-18-19-20-21-23-25-27-29-34-38-42(46-39-40-35-31-30-32-36-40)41(43(44)45)37-33-28-26-24-22-16-14-12-10-8-6-4-2/h30-32,35-36,41-42H,3-29,33-34,37-39H2,1-2H3,(H,44,45). The molecule has 0 aliphatic heterocycles. The Hall–Kier alpha value is -1.35. The molecule has 1 N–H and O–H groups in total. The summed E-state index contributed by atoms with van der Waals surface area (Å²) in [4.78, 5) is 12.4. The second-order valence-electron chi connectivity index (χ2n) is 14.4. The third-order valence-electron chi connectivity index (χ3n) is 10.0. The van der Waals surface area contributed by atoms with Gasteiger partial charge in [-0.2, -0.15) is 0 Å². The van der Waals surface area contributed by atoms with Crippen LogP contribution in [-0.4, -0.2) is 17.2 Å². The summed E-state index contributed by atoms with van der Waals surface area (Å²) in [6, 6.07) is 10.2. The Morgan fingerprint density at radius 2 is 0.826 bits per heavy atom. The van der Waals surface area contributed by atoms with E-state index in [9.17, 15) is 9.90 Å². The van der Waals surface area contributed by atoms with Gasteiger partial charge in [-0.05, 0) is 18.4 Å². The molecule has 0 amide bonds. The molecule has 0 saturated heterocycles. The number of aliphatic carboxylic acids is 1. The second kappa shape index (κ2) is 33.5. The number of carboxylic acids is 1. The Morgan fingerprint density at radius 3 is 1.17 bits per heavy atom. The van der Waals surface area contributed by atoms with E-state index in [0.29, 0.717) is 6.61 Å². The summed E-state index contributed by atoms with van der Waals surface area (Å²) >= 11 is 0. The highest BCUT2D eigenvalue weighted by molar-refractivity contribution is 5.70. The number of benzene rings is 1. The maximum absolute atomic E-state index is 12.4. The van der Waals surface area contributed by atoms with E-state index >= 15 is 0 Å². The number of rotatable bonds is 36. The normalized spacial score (nSPS) is 12.8. The molecule has 0 heterocycles. The first-order valence-electron chi connectivity index (χ1n) is 20.6. The Kier molecular flexibility index (Phi) is 31.1. The van der Waals surface area contributed by atoms with E-state index < -0.39 is 11.9 Å². The molecular formula is C43H78O3. The molecule has 2 atom stereocenters. The third-order valence-corrected chi connectivity index (χ3v) is 10.0. The molecule has 0 aromatic heterocycles. The number of carboxylic acid groups (broad SMARTS) is 1. The third kappa shape index (κ3) is 26.7. The summed E-state index contributed by atoms with van der Waals surface area (Å²) in [5, 5.41) is 10.2. The van der Waals surface area contributed by atoms with E-state index in [1.165, 1.54) is 167 Å². The van der Waals surface area contributed by atoms with Crippen molar-refractivity contribution in [1.29, 1.82) is 0 Å². The Balaban J connectivity index is 2.22. The maximum Gasteiger partial charge on any atom is 0.309 e. The van der Waals surface area contributed by atoms with Crippen LogP contribution in [0.1, 0.15) is 218 Å². The highest BCUT2D eigenvalue weighted by Crippen LogP contribution is 2.25. The van der Waals surface area contributed by atoms with Crippen LogP contribution >= 0.6 is 0 Å². The van der Waals surface area contributed by atoms with Gasteiger partial charge < -0.3 is 9.84 Å². The largest absolute Gasteiger partial charge is 0.481 e. The van der Waals surface area contributed by atoms with Gasteiger partial charge in [-0.25, -0.2) is 0 Å². The van der Waals surface area contributed by atoms with Crippen molar-refractivity contribution in [2.75, 3.05) is 0 Å². The van der Waals surface area contributed by atoms with Crippen LogP contribution in [0.15, 0.2) is 30.3 Å². The number of carbonyl (C=O) groups is 1. The van der Waals surface area contributed by atoms with Crippen LogP contribution in [-0.2, 0) is 16.1 Å². The van der Waals surface area contributed by atoms with Crippen molar-refractivity contribution in [3.05, 3.63) is 35.9 Å². The van der Waals surface area contributed by atoms with E-state index in [1.807, 2.05) is 18.2 Å². The molecule has 0 bridgehead atoms. The van der Waals surface area contributed by atoms with Gasteiger partial charge in [0, 0.05) is 0 Å². The summed E-state index contributed by atoms with van der Waals surface area (Å²) < 4.78 is 6.36. The SMILES string of the molecule is CCCCCCCCCCCCCCCCCCCC(OCc1ccccc1)C(CCCCCCCCCCCCCC)C(=O)O. The summed E-state index contributed by atoms with van der Waals surface area (Å²) in [6.07, 6.45) is 40.2. The lowest BCUT2D eigenvalue weighted by Gasteiger charge is -2.25. The van der Waals surface area contributed by atoms with Gasteiger partial charge in [-0.3, -0.25) is 4.79 Å². The lowest BCUT2D eigenvalue weighted by Crippen LogP contribution is -2.31. The van der Waals surface area contributed by atoms with Crippen LogP contribution in [0.4, 0.5) is 0 Å². The first-order valence-corrected chi connectivity index (χ1v) is 20.6. The predicted octanol–water partition coefficient (Wildman–Crippen LogP) is 14.4. The lowest BCUT2D eigenvalue weighted by atomic mass is 9.91. The van der Waals surface area contributed by atoms with E-state index in [4.69, 9.17) is 4.74 Å². The Labute approximate surface area is 287 Å². The number of hydrogen-bond donors (Lipinski definition) is 1. The number of hydrogen-bond acceptors (Lipinski definition) is 2. The minimum absolute atomic E-state index is 0.193. The molecule has 46 heavy (non-hydrogen) atoms. The van der Waals surface area contributed by atoms with Gasteiger partial charge in [0.25, 0.3) is 0 Å². The highest BCUT2D eigenvalue weighted by atomic mass is 16.5. The molecule has 0 aliphatic rings. The lowest BCUT2D eigenvalue weighted by molar-refractivity contribution is -0.149. The van der Waals surface area contributed by atoms with Crippen LogP contribution in [0.2, 0.25) is 0 Å². The summed E-state index contributed by atoms with van der Waals surface area (Å²) in [7, 11) is 0.